The molecule has 0 heterocycles. The normalized spacial score (nSPS) is 11.3. The highest BCUT2D eigenvalue weighted by atomic mass is 35.5. The average molecular weight is 254 g/mol. The molecular weight excluding hydrogens is 247 g/mol. The molecule has 1 amide bonds. The van der Waals surface area contributed by atoms with Crippen molar-refractivity contribution in [3.63, 3.8) is 0 Å². The summed E-state index contributed by atoms with van der Waals surface area (Å²) in [6.45, 7) is 0. The lowest BCUT2D eigenvalue weighted by Crippen LogP contribution is -2.14. The quantitative estimate of drug-likeness (QED) is 0.880. The highest BCUT2D eigenvalue weighted by Crippen LogP contribution is 2.38. The lowest BCUT2D eigenvalue weighted by molar-refractivity contribution is -0.137. The van der Waals surface area contributed by atoms with E-state index in [1.54, 1.807) is 0 Å². The van der Waals surface area contributed by atoms with Crippen LogP contribution in [0.4, 0.5) is 13.2 Å². The van der Waals surface area contributed by atoms with Crippen LogP contribution in [0.15, 0.2) is 12.1 Å². The molecule has 0 aromatic heterocycles. The zero-order valence-electron chi connectivity index (χ0n) is 8.06. The molecule has 0 bridgehead atoms. The Morgan fingerprint density at radius 3 is 2.38 bits per heavy atom. The van der Waals surface area contributed by atoms with Crippen LogP contribution in [0.1, 0.15) is 15.9 Å². The second-order valence-corrected chi connectivity index (χ2v) is 3.30. The van der Waals surface area contributed by atoms with Gasteiger partial charge in [-0.05, 0) is 12.1 Å². The van der Waals surface area contributed by atoms with Crippen molar-refractivity contribution < 1.29 is 22.7 Å². The Morgan fingerprint density at radius 1 is 1.44 bits per heavy atom. The number of carbonyl (C=O) groups is 1. The Balaban J connectivity index is 3.43. The highest BCUT2D eigenvalue weighted by molar-refractivity contribution is 6.32. The van der Waals surface area contributed by atoms with E-state index in [0.717, 1.165) is 13.2 Å². The Morgan fingerprint density at radius 2 is 2.00 bits per heavy atom. The number of alkyl halides is 3. The van der Waals surface area contributed by atoms with Crippen LogP contribution in [0.5, 0.6) is 5.75 Å². The van der Waals surface area contributed by atoms with Crippen molar-refractivity contribution in [3.05, 3.63) is 28.3 Å². The van der Waals surface area contributed by atoms with Gasteiger partial charge in [-0.3, -0.25) is 4.79 Å². The van der Waals surface area contributed by atoms with Crippen molar-refractivity contribution in [1.29, 1.82) is 0 Å². The minimum Gasteiger partial charge on any atom is -0.496 e. The van der Waals surface area contributed by atoms with Crippen molar-refractivity contribution in [3.8, 4) is 5.75 Å². The Kier molecular flexibility index (Phi) is 3.32. The molecule has 1 aromatic carbocycles. The maximum atomic E-state index is 12.4. The fraction of sp³-hybridized carbons (Fsp3) is 0.222. The van der Waals surface area contributed by atoms with Gasteiger partial charge in [0.05, 0.1) is 23.3 Å². The van der Waals surface area contributed by atoms with Gasteiger partial charge in [0.2, 0.25) is 0 Å². The van der Waals surface area contributed by atoms with Gasteiger partial charge in [-0.15, -0.1) is 0 Å². The lowest BCUT2D eigenvalue weighted by Gasteiger charge is -2.12. The standard InChI is InChI=1S/C9H7ClF3NO2/c1-16-7-3-5(9(11,12)13)6(10)2-4(7)8(14)15/h2-3H,1H3,(H2,14,15). The van der Waals surface area contributed by atoms with E-state index in [2.05, 4.69) is 4.74 Å². The Labute approximate surface area is 93.9 Å². The summed E-state index contributed by atoms with van der Waals surface area (Å²) in [5.74, 6) is -1.17. The second-order valence-electron chi connectivity index (χ2n) is 2.89. The maximum Gasteiger partial charge on any atom is 0.417 e. The molecule has 0 fully saturated rings. The van der Waals surface area contributed by atoms with E-state index in [4.69, 9.17) is 17.3 Å². The number of methoxy groups -OCH3 is 1. The number of halogens is 4. The lowest BCUT2D eigenvalue weighted by atomic mass is 10.1. The molecule has 3 nitrogen and oxygen atoms in total. The van der Waals surface area contributed by atoms with Crippen LogP contribution in [0, 0.1) is 0 Å². The van der Waals surface area contributed by atoms with Crippen molar-refractivity contribution in [1.82, 2.24) is 0 Å². The van der Waals surface area contributed by atoms with Gasteiger partial charge >= 0.3 is 6.18 Å². The van der Waals surface area contributed by atoms with E-state index < -0.39 is 22.7 Å². The Hall–Kier alpha value is -1.43. The number of nitrogens with two attached hydrogens (primary N) is 1. The summed E-state index contributed by atoms with van der Waals surface area (Å²) in [7, 11) is 1.13. The van der Waals surface area contributed by atoms with E-state index in [1.165, 1.54) is 0 Å². The van der Waals surface area contributed by atoms with Gasteiger partial charge in [-0.1, -0.05) is 11.6 Å². The first-order valence-electron chi connectivity index (χ1n) is 4.02. The van der Waals surface area contributed by atoms with Crippen LogP contribution in [0.25, 0.3) is 0 Å². The van der Waals surface area contributed by atoms with Crippen LogP contribution in [0.3, 0.4) is 0 Å². The van der Waals surface area contributed by atoms with Gasteiger partial charge in [0.1, 0.15) is 5.75 Å². The van der Waals surface area contributed by atoms with Gasteiger partial charge in [-0.25, -0.2) is 0 Å². The van der Waals surface area contributed by atoms with Crippen LogP contribution in [0.2, 0.25) is 5.02 Å². The number of carbonyl (C=O) groups excluding carboxylic acids is 1. The molecule has 0 unspecified atom stereocenters. The molecule has 1 rings (SSSR count). The summed E-state index contributed by atoms with van der Waals surface area (Å²) >= 11 is 5.40. The maximum absolute atomic E-state index is 12.4. The number of rotatable bonds is 2. The minimum absolute atomic E-state index is 0.194. The van der Waals surface area contributed by atoms with Gasteiger partial charge in [0, 0.05) is 0 Å². The summed E-state index contributed by atoms with van der Waals surface area (Å²) in [6.07, 6.45) is -4.61. The molecule has 1 aromatic rings. The van der Waals surface area contributed by atoms with Gasteiger partial charge < -0.3 is 10.5 Å². The molecular formula is C9H7ClF3NO2. The molecule has 0 aliphatic carbocycles. The number of primary amides is 1. The molecule has 0 aliphatic rings. The van der Waals surface area contributed by atoms with Crippen LogP contribution >= 0.6 is 11.6 Å². The summed E-state index contributed by atoms with van der Waals surface area (Å²) < 4.78 is 42.0. The van der Waals surface area contributed by atoms with Crippen molar-refractivity contribution in [2.45, 2.75) is 6.18 Å². The van der Waals surface area contributed by atoms with Crippen molar-refractivity contribution >= 4 is 17.5 Å². The number of amides is 1. The highest BCUT2D eigenvalue weighted by Gasteiger charge is 2.34. The predicted octanol–water partition coefficient (Wildman–Crippen LogP) is 2.47. The van der Waals surface area contributed by atoms with Gasteiger partial charge in [-0.2, -0.15) is 13.2 Å². The van der Waals surface area contributed by atoms with Crippen LogP contribution in [-0.2, 0) is 6.18 Å². The topological polar surface area (TPSA) is 52.3 Å². The van der Waals surface area contributed by atoms with Crippen LogP contribution < -0.4 is 10.5 Å². The largest absolute Gasteiger partial charge is 0.496 e. The number of hydrogen-bond acceptors (Lipinski definition) is 2. The van der Waals surface area contributed by atoms with Gasteiger partial charge in [0.25, 0.3) is 5.91 Å². The molecule has 0 spiro atoms. The SMILES string of the molecule is COc1cc(C(F)(F)F)c(Cl)cc1C(N)=O. The molecule has 0 saturated heterocycles. The molecule has 0 radical (unpaired) electrons. The number of benzene rings is 1. The monoisotopic (exact) mass is 253 g/mol. The van der Waals surface area contributed by atoms with E-state index in [1.807, 2.05) is 0 Å². The summed E-state index contributed by atoms with van der Waals surface area (Å²) in [6, 6.07) is 1.48. The van der Waals surface area contributed by atoms with Crippen molar-refractivity contribution in [2.24, 2.45) is 5.73 Å². The van der Waals surface area contributed by atoms with E-state index in [0.29, 0.717) is 6.07 Å². The zero-order chi connectivity index (χ0) is 12.5. The third-order valence-electron chi connectivity index (χ3n) is 1.86. The smallest absolute Gasteiger partial charge is 0.417 e. The molecule has 16 heavy (non-hydrogen) atoms. The third kappa shape index (κ3) is 2.38. The number of hydrogen-bond donors (Lipinski definition) is 1. The predicted molar refractivity (Wildman–Crippen MR) is 51.5 cm³/mol. The Bertz CT molecular complexity index is 431. The number of ether oxygens (including phenoxy) is 1. The summed E-state index contributed by atoms with van der Waals surface area (Å²) in [5.41, 5.74) is 3.69. The third-order valence-corrected chi connectivity index (χ3v) is 2.17. The molecule has 2 N–H and O–H groups in total. The van der Waals surface area contributed by atoms with E-state index >= 15 is 0 Å². The second kappa shape index (κ2) is 4.21. The van der Waals surface area contributed by atoms with Crippen molar-refractivity contribution in [2.75, 3.05) is 7.11 Å². The fourth-order valence-corrected chi connectivity index (χ4v) is 1.40. The summed E-state index contributed by atoms with van der Waals surface area (Å²) in [4.78, 5) is 10.9. The van der Waals surface area contributed by atoms with E-state index in [-0.39, 0.29) is 11.3 Å². The summed E-state index contributed by atoms with van der Waals surface area (Å²) in [5, 5.41) is -0.595. The molecule has 7 heteroatoms. The molecule has 88 valence electrons. The molecule has 0 aliphatic heterocycles. The van der Waals surface area contributed by atoms with Crippen LogP contribution in [-0.4, -0.2) is 13.0 Å². The first kappa shape index (κ1) is 12.6. The molecule has 0 saturated carbocycles. The fourth-order valence-electron chi connectivity index (χ4n) is 1.13. The first-order chi connectivity index (χ1) is 7.27. The van der Waals surface area contributed by atoms with E-state index in [9.17, 15) is 18.0 Å². The first-order valence-corrected chi connectivity index (χ1v) is 4.39. The van der Waals surface area contributed by atoms with Gasteiger partial charge in [0.15, 0.2) is 0 Å². The average Bonchev–Trinajstić information content (AvgIpc) is 2.15. The zero-order valence-corrected chi connectivity index (χ0v) is 8.82. The molecule has 0 atom stereocenters. The minimum atomic E-state index is -4.61.